The van der Waals surface area contributed by atoms with Gasteiger partial charge >= 0.3 is 0 Å². The largest absolute Gasteiger partial charge is 0.492 e. The van der Waals surface area contributed by atoms with E-state index in [-0.39, 0.29) is 54.4 Å². The molecule has 1 atom stereocenters. The Hall–Kier alpha value is -3.27. The van der Waals surface area contributed by atoms with E-state index >= 15 is 0 Å². The summed E-state index contributed by atoms with van der Waals surface area (Å²) in [6.45, 7) is 4.64. The summed E-state index contributed by atoms with van der Waals surface area (Å²) < 4.78 is 11.3. The number of halogens is 1. The van der Waals surface area contributed by atoms with Crippen LogP contribution in [0.3, 0.4) is 0 Å². The van der Waals surface area contributed by atoms with Gasteiger partial charge in [0.05, 0.1) is 42.5 Å². The molecule has 5 rings (SSSR count). The van der Waals surface area contributed by atoms with Crippen LogP contribution < -0.4 is 10.1 Å². The van der Waals surface area contributed by atoms with Gasteiger partial charge < -0.3 is 14.8 Å². The molecule has 9 nitrogen and oxygen atoms in total. The fourth-order valence-electron chi connectivity index (χ4n) is 4.76. The van der Waals surface area contributed by atoms with Crippen LogP contribution in [0.1, 0.15) is 40.0 Å². The van der Waals surface area contributed by atoms with Crippen molar-refractivity contribution in [2.24, 2.45) is 0 Å². The summed E-state index contributed by atoms with van der Waals surface area (Å²) in [4.78, 5) is 53.7. The molecule has 0 aromatic heterocycles. The number of imide groups is 1. The lowest BCUT2D eigenvalue weighted by molar-refractivity contribution is -0.132. The Labute approximate surface area is 215 Å². The number of nitrogens with zero attached hydrogens (tertiary/aromatic N) is 2. The Bertz CT molecular complexity index is 1180. The van der Waals surface area contributed by atoms with Gasteiger partial charge in [-0.2, -0.15) is 0 Å². The fourth-order valence-corrected chi connectivity index (χ4v) is 4.76. The predicted molar refractivity (Wildman–Crippen MR) is 134 cm³/mol. The zero-order valence-electron chi connectivity index (χ0n) is 19.7. The van der Waals surface area contributed by atoms with Gasteiger partial charge in [0.25, 0.3) is 11.8 Å². The summed E-state index contributed by atoms with van der Waals surface area (Å²) in [5, 5.41) is 3.23. The molecule has 10 heteroatoms. The summed E-state index contributed by atoms with van der Waals surface area (Å²) in [6.07, 6.45) is 0.129. The summed E-state index contributed by atoms with van der Waals surface area (Å²) >= 11 is 0. The number of carbonyl (C=O) groups excluding carboxylic acids is 4. The molecule has 0 bridgehead atoms. The van der Waals surface area contributed by atoms with E-state index in [1.54, 1.807) is 18.2 Å². The number of amides is 2. The van der Waals surface area contributed by atoms with Crippen LogP contribution in [-0.4, -0.2) is 78.7 Å². The van der Waals surface area contributed by atoms with E-state index < -0.39 is 17.9 Å². The molecular formula is C26H28ClN3O6. The van der Waals surface area contributed by atoms with Crippen molar-refractivity contribution < 1.29 is 28.7 Å². The molecule has 190 valence electrons. The highest BCUT2D eigenvalue weighted by molar-refractivity contribution is 6.25. The molecule has 1 N–H and O–H groups in total. The minimum absolute atomic E-state index is 0. The quantitative estimate of drug-likeness (QED) is 0.445. The fraction of sp³-hybridized carbons (Fsp3) is 0.385. The van der Waals surface area contributed by atoms with Crippen LogP contribution in [0.2, 0.25) is 0 Å². The first kappa shape index (κ1) is 25.8. The molecule has 0 spiro atoms. The predicted octanol–water partition coefficient (Wildman–Crippen LogP) is 2.85. The highest BCUT2D eigenvalue weighted by Crippen LogP contribution is 2.34. The highest BCUT2D eigenvalue weighted by atomic mass is 35.5. The van der Waals surface area contributed by atoms with Crippen molar-refractivity contribution in [1.82, 2.24) is 9.80 Å². The van der Waals surface area contributed by atoms with E-state index in [2.05, 4.69) is 10.2 Å². The third-order valence-corrected chi connectivity index (χ3v) is 6.59. The summed E-state index contributed by atoms with van der Waals surface area (Å²) in [7, 11) is 0. The highest BCUT2D eigenvalue weighted by Gasteiger charge is 2.45. The smallest absolute Gasteiger partial charge is 0.264 e. The van der Waals surface area contributed by atoms with Crippen LogP contribution in [0.4, 0.5) is 11.4 Å². The molecule has 1 unspecified atom stereocenters. The summed E-state index contributed by atoms with van der Waals surface area (Å²) in [5.41, 5.74) is 1.68. The average Bonchev–Trinajstić information content (AvgIpc) is 3.11. The maximum absolute atomic E-state index is 13.3. The van der Waals surface area contributed by atoms with Gasteiger partial charge in [-0.15, -0.1) is 12.4 Å². The van der Waals surface area contributed by atoms with Crippen LogP contribution >= 0.6 is 12.4 Å². The zero-order chi connectivity index (χ0) is 24.4. The maximum atomic E-state index is 13.3. The number of morpholine rings is 1. The van der Waals surface area contributed by atoms with E-state index in [0.29, 0.717) is 23.7 Å². The number of rotatable bonds is 7. The van der Waals surface area contributed by atoms with E-state index in [4.69, 9.17) is 9.47 Å². The summed E-state index contributed by atoms with van der Waals surface area (Å²) in [5.74, 6) is -0.859. The van der Waals surface area contributed by atoms with Gasteiger partial charge in [0.15, 0.2) is 5.78 Å². The Morgan fingerprint density at radius 2 is 1.78 bits per heavy atom. The van der Waals surface area contributed by atoms with Crippen molar-refractivity contribution >= 4 is 47.2 Å². The Morgan fingerprint density at radius 1 is 1.00 bits per heavy atom. The number of hydrogen-bond donors (Lipinski definition) is 1. The van der Waals surface area contributed by atoms with E-state index in [1.165, 1.54) is 0 Å². The molecule has 1 saturated heterocycles. The van der Waals surface area contributed by atoms with E-state index in [1.807, 2.05) is 24.3 Å². The molecular weight excluding hydrogens is 486 g/mol. The molecule has 3 aliphatic rings. The lowest BCUT2D eigenvalue weighted by Crippen LogP contribution is -2.47. The van der Waals surface area contributed by atoms with Crippen molar-refractivity contribution in [2.75, 3.05) is 44.8 Å². The molecule has 2 amide bonds. The van der Waals surface area contributed by atoms with E-state index in [9.17, 15) is 19.2 Å². The number of ketones is 2. The summed E-state index contributed by atoms with van der Waals surface area (Å²) in [6, 6.07) is 11.5. The number of carbonyl (C=O) groups is 4. The molecule has 2 aromatic rings. The second-order valence-electron chi connectivity index (χ2n) is 8.90. The van der Waals surface area contributed by atoms with Gasteiger partial charge in [0, 0.05) is 37.8 Å². The first-order chi connectivity index (χ1) is 17.0. The van der Waals surface area contributed by atoms with Gasteiger partial charge in [-0.3, -0.25) is 29.0 Å². The zero-order valence-corrected chi connectivity index (χ0v) is 20.6. The number of hydrogen-bond acceptors (Lipinski definition) is 8. The van der Waals surface area contributed by atoms with Gasteiger partial charge in [-0.25, -0.2) is 0 Å². The van der Waals surface area contributed by atoms with Crippen molar-refractivity contribution in [3.8, 4) is 5.75 Å². The minimum atomic E-state index is -0.892. The van der Waals surface area contributed by atoms with Crippen molar-refractivity contribution in [3.05, 3.63) is 53.6 Å². The van der Waals surface area contributed by atoms with Crippen molar-refractivity contribution in [2.45, 2.75) is 25.3 Å². The van der Waals surface area contributed by atoms with E-state index in [0.717, 1.165) is 37.7 Å². The molecule has 1 saturated carbocycles. The number of ether oxygens (including phenoxy) is 2. The van der Waals surface area contributed by atoms with Gasteiger partial charge in [0.2, 0.25) is 0 Å². The SMILES string of the molecule is Cl.O=C1CCC(N2C(=O)c3cccc(Nc4cccc(OCCN5CCOCC5)c4)c3C2=O)C(=O)C1. The van der Waals surface area contributed by atoms with Crippen molar-refractivity contribution in [1.29, 1.82) is 0 Å². The van der Waals surface area contributed by atoms with Crippen molar-refractivity contribution in [3.63, 3.8) is 0 Å². The first-order valence-corrected chi connectivity index (χ1v) is 11.9. The number of nitrogens with one attached hydrogen (secondary N) is 1. The lowest BCUT2D eigenvalue weighted by atomic mass is 9.92. The molecule has 2 heterocycles. The van der Waals surface area contributed by atoms with Crippen LogP contribution in [0, 0.1) is 0 Å². The molecule has 2 fully saturated rings. The molecule has 2 aliphatic heterocycles. The Kier molecular flexibility index (Phi) is 8.03. The standard InChI is InChI=1S/C26H27N3O6.ClH/c30-18-7-8-22(23(31)16-18)29-25(32)20-5-2-6-21(24(20)26(29)33)27-17-3-1-4-19(15-17)35-14-11-28-9-12-34-13-10-28;/h1-6,15,22,27H,7-14,16H2;1H. The second-order valence-corrected chi connectivity index (χ2v) is 8.90. The molecule has 2 aromatic carbocycles. The first-order valence-electron chi connectivity index (χ1n) is 11.9. The van der Waals surface area contributed by atoms with Crippen LogP contribution in [0.5, 0.6) is 5.75 Å². The molecule has 36 heavy (non-hydrogen) atoms. The Balaban J connectivity index is 0.00000304. The number of anilines is 2. The normalized spacial score (nSPS) is 20.2. The molecule has 1 aliphatic carbocycles. The second kappa shape index (κ2) is 11.2. The number of fused-ring (bicyclic) bond motifs is 1. The third kappa shape index (κ3) is 5.28. The van der Waals surface area contributed by atoms with Gasteiger partial charge in [-0.1, -0.05) is 12.1 Å². The average molecular weight is 514 g/mol. The lowest BCUT2D eigenvalue weighted by Gasteiger charge is -2.27. The monoisotopic (exact) mass is 513 g/mol. The third-order valence-electron chi connectivity index (χ3n) is 6.59. The maximum Gasteiger partial charge on any atom is 0.264 e. The number of Topliss-reactive ketones (excluding diaryl/α,β-unsaturated/α-hetero) is 2. The topological polar surface area (TPSA) is 105 Å². The van der Waals surface area contributed by atoms with Crippen LogP contribution in [0.15, 0.2) is 42.5 Å². The van der Waals surface area contributed by atoms with Crippen LogP contribution in [-0.2, 0) is 14.3 Å². The van der Waals surface area contributed by atoms with Gasteiger partial charge in [-0.05, 0) is 30.7 Å². The molecule has 0 radical (unpaired) electrons. The van der Waals surface area contributed by atoms with Crippen LogP contribution in [0.25, 0.3) is 0 Å². The minimum Gasteiger partial charge on any atom is -0.492 e. The number of benzene rings is 2. The Morgan fingerprint density at radius 3 is 2.56 bits per heavy atom. The van der Waals surface area contributed by atoms with Gasteiger partial charge in [0.1, 0.15) is 18.1 Å².